The van der Waals surface area contributed by atoms with Crippen molar-refractivity contribution in [1.29, 1.82) is 0 Å². The first kappa shape index (κ1) is 28.2. The lowest BCUT2D eigenvalue weighted by molar-refractivity contribution is 0.301. The molecule has 188 valence electrons. The first-order valence-corrected chi connectivity index (χ1v) is 12.6. The predicted octanol–water partition coefficient (Wildman–Crippen LogP) is 6.26. The van der Waals surface area contributed by atoms with Crippen molar-refractivity contribution in [3.8, 4) is 5.75 Å². The molecule has 3 aromatic rings. The van der Waals surface area contributed by atoms with Crippen LogP contribution in [0.5, 0.6) is 5.75 Å². The summed E-state index contributed by atoms with van der Waals surface area (Å²) in [7, 11) is 1.00. The summed E-state index contributed by atoms with van der Waals surface area (Å²) >= 11 is 3.44. The van der Waals surface area contributed by atoms with Gasteiger partial charge in [-0.1, -0.05) is 47.1 Å². The summed E-state index contributed by atoms with van der Waals surface area (Å²) in [6, 6.07) is 16.4. The Hall–Kier alpha value is -3.03. The van der Waals surface area contributed by atoms with Crippen LogP contribution in [0.25, 0.3) is 12.2 Å². The average Bonchev–Trinajstić information content (AvgIpc) is 3.35. The third kappa shape index (κ3) is 10.8. The molecule has 0 saturated heterocycles. The molecule has 0 aliphatic carbocycles. The van der Waals surface area contributed by atoms with Crippen LogP contribution in [0, 0.1) is 0 Å². The van der Waals surface area contributed by atoms with Crippen LogP contribution in [-0.4, -0.2) is 35.2 Å². The van der Waals surface area contributed by atoms with Gasteiger partial charge in [0.2, 0.25) is 5.89 Å². The minimum absolute atomic E-state index is 0.372. The number of rotatable bonds is 13. The monoisotopic (exact) mass is 541 g/mol. The molecule has 0 aliphatic rings. The Morgan fingerprint density at radius 1 is 1.03 bits per heavy atom. The van der Waals surface area contributed by atoms with Gasteiger partial charge in [-0.25, -0.2) is 4.98 Å². The highest BCUT2D eigenvalue weighted by Gasteiger charge is 2.04. The van der Waals surface area contributed by atoms with Crippen LogP contribution in [-0.2, 0) is 13.0 Å². The number of benzene rings is 2. The molecule has 3 N–H and O–H groups in total. The minimum Gasteiger partial charge on any atom is -0.487 e. The first-order chi connectivity index (χ1) is 17.2. The molecule has 1 heterocycles. The second-order valence-corrected chi connectivity index (χ2v) is 8.74. The van der Waals surface area contributed by atoms with Crippen LogP contribution in [0.15, 0.2) is 76.1 Å². The van der Waals surface area contributed by atoms with E-state index in [9.17, 15) is 0 Å². The number of hydrogen-bond donors (Lipinski definition) is 2. The molecule has 0 atom stereocenters. The van der Waals surface area contributed by atoms with E-state index in [0.29, 0.717) is 12.5 Å². The molecular weight excluding hydrogens is 506 g/mol. The smallest absolute Gasteiger partial charge is 0.218 e. The highest BCUT2D eigenvalue weighted by molar-refractivity contribution is 9.10. The third-order valence-corrected chi connectivity index (χ3v) is 5.67. The Morgan fingerprint density at radius 3 is 2.46 bits per heavy atom. The molecule has 0 radical (unpaired) electrons. The van der Waals surface area contributed by atoms with E-state index in [1.165, 1.54) is 5.56 Å². The fraction of sp³-hybridized carbons (Fsp3) is 0.321. The average molecular weight is 543 g/mol. The number of aromatic nitrogens is 1. The molecule has 2 aromatic carbocycles. The zero-order valence-electron chi connectivity index (χ0n) is 20.6. The Kier molecular flexibility index (Phi) is 13.4. The molecule has 3 rings (SSSR count). The summed E-state index contributed by atoms with van der Waals surface area (Å²) in [5.41, 5.74) is 8.69. The Labute approximate surface area is 217 Å². The van der Waals surface area contributed by atoms with Gasteiger partial charge in [0.15, 0.2) is 0 Å². The molecule has 1 aromatic heterocycles. The summed E-state index contributed by atoms with van der Waals surface area (Å²) in [6.07, 6.45) is 13.5. The number of aliphatic hydroxyl groups excluding tert-OH is 1. The van der Waals surface area contributed by atoms with Crippen molar-refractivity contribution < 1.29 is 14.3 Å². The predicted molar refractivity (Wildman–Crippen MR) is 147 cm³/mol. The lowest BCUT2D eigenvalue weighted by Crippen LogP contribution is -2.20. The highest BCUT2D eigenvalue weighted by atomic mass is 79.9. The van der Waals surface area contributed by atoms with Gasteiger partial charge in [-0.05, 0) is 67.2 Å². The van der Waals surface area contributed by atoms with Crippen molar-refractivity contribution in [2.75, 3.05) is 20.2 Å². The van der Waals surface area contributed by atoms with Crippen LogP contribution >= 0.6 is 15.9 Å². The second kappa shape index (κ2) is 16.6. The third-order valence-electron chi connectivity index (χ3n) is 5.14. The standard InChI is InChI=1S/C27H32BrN3O2.CH4O/c1-2-17-31(19-16-29)18-4-3-5-22-8-13-26(14-9-22)32-20-25-21-33-27(30-25)15-10-23-6-11-24(28)12-7-23;1-2/h6-16,19,21H,2-5,17-18,20,29H2,1H3;2H,1H3/b15-10+,19-16-;. The maximum Gasteiger partial charge on any atom is 0.218 e. The van der Waals surface area contributed by atoms with Crippen molar-refractivity contribution >= 4 is 28.1 Å². The van der Waals surface area contributed by atoms with Gasteiger partial charge in [0.25, 0.3) is 0 Å². The van der Waals surface area contributed by atoms with E-state index in [-0.39, 0.29) is 0 Å². The zero-order valence-corrected chi connectivity index (χ0v) is 22.2. The summed E-state index contributed by atoms with van der Waals surface area (Å²) in [4.78, 5) is 6.74. The van der Waals surface area contributed by atoms with Gasteiger partial charge in [0, 0.05) is 43.1 Å². The summed E-state index contributed by atoms with van der Waals surface area (Å²) < 4.78 is 12.4. The lowest BCUT2D eigenvalue weighted by atomic mass is 10.1. The van der Waals surface area contributed by atoms with Gasteiger partial charge in [0.1, 0.15) is 24.3 Å². The van der Waals surface area contributed by atoms with E-state index in [0.717, 1.165) is 67.4 Å². The molecule has 0 spiro atoms. The van der Waals surface area contributed by atoms with Crippen molar-refractivity contribution in [1.82, 2.24) is 9.88 Å². The number of ether oxygens (including phenoxy) is 1. The molecule has 35 heavy (non-hydrogen) atoms. The largest absolute Gasteiger partial charge is 0.487 e. The molecule has 7 heteroatoms. The molecular formula is C28H36BrN3O3. The lowest BCUT2D eigenvalue weighted by Gasteiger charge is -2.19. The number of aryl methyl sites for hydroxylation is 1. The summed E-state index contributed by atoms with van der Waals surface area (Å²) in [5, 5.41) is 7.00. The normalized spacial score (nSPS) is 11.0. The Morgan fingerprint density at radius 2 is 1.77 bits per heavy atom. The zero-order chi connectivity index (χ0) is 25.3. The number of aliphatic hydroxyl groups is 1. The van der Waals surface area contributed by atoms with Crippen LogP contribution in [0.2, 0.25) is 0 Å². The fourth-order valence-corrected chi connectivity index (χ4v) is 3.69. The highest BCUT2D eigenvalue weighted by Crippen LogP contribution is 2.17. The maximum atomic E-state index is 7.00. The summed E-state index contributed by atoms with van der Waals surface area (Å²) in [6.45, 7) is 4.65. The van der Waals surface area contributed by atoms with Gasteiger partial charge in [-0.15, -0.1) is 0 Å². The topological polar surface area (TPSA) is 84.8 Å². The van der Waals surface area contributed by atoms with Gasteiger partial charge in [-0.2, -0.15) is 0 Å². The minimum atomic E-state index is 0.372. The van der Waals surface area contributed by atoms with Gasteiger partial charge < -0.3 is 24.9 Å². The first-order valence-electron chi connectivity index (χ1n) is 11.8. The molecule has 0 amide bonds. The van der Waals surface area contributed by atoms with Crippen molar-refractivity contribution in [3.63, 3.8) is 0 Å². The van der Waals surface area contributed by atoms with E-state index in [1.54, 1.807) is 12.5 Å². The van der Waals surface area contributed by atoms with E-state index in [4.69, 9.17) is 20.0 Å². The maximum absolute atomic E-state index is 7.00. The van der Waals surface area contributed by atoms with E-state index >= 15 is 0 Å². The van der Waals surface area contributed by atoms with Crippen LogP contribution in [0.3, 0.4) is 0 Å². The van der Waals surface area contributed by atoms with Gasteiger partial charge in [-0.3, -0.25) is 0 Å². The second-order valence-electron chi connectivity index (χ2n) is 7.83. The molecule has 0 unspecified atom stereocenters. The summed E-state index contributed by atoms with van der Waals surface area (Å²) in [5.74, 6) is 1.39. The van der Waals surface area contributed by atoms with Crippen LogP contribution in [0.4, 0.5) is 0 Å². The molecule has 0 aliphatic heterocycles. The molecule has 6 nitrogen and oxygen atoms in total. The van der Waals surface area contributed by atoms with Gasteiger partial charge in [0.05, 0.1) is 0 Å². The Balaban J connectivity index is 0.00000210. The fourth-order valence-electron chi connectivity index (χ4n) is 3.43. The van der Waals surface area contributed by atoms with Crippen LogP contribution in [0.1, 0.15) is 48.9 Å². The molecule has 0 bridgehead atoms. The number of nitrogens with two attached hydrogens (primary N) is 1. The number of oxazole rings is 1. The number of nitrogens with zero attached hydrogens (tertiary/aromatic N) is 2. The van der Waals surface area contributed by atoms with Crippen molar-refractivity contribution in [2.24, 2.45) is 5.73 Å². The number of unbranched alkanes of at least 4 members (excludes halogenated alkanes) is 1. The SMILES string of the molecule is CCCN(/C=C\N)CCCCc1ccc(OCc2coc(/C=C/c3ccc(Br)cc3)n2)cc1.CO. The van der Waals surface area contributed by atoms with Crippen molar-refractivity contribution in [3.05, 3.63) is 94.4 Å². The van der Waals surface area contributed by atoms with E-state index < -0.39 is 0 Å². The quantitative estimate of drug-likeness (QED) is 0.248. The molecule has 0 fully saturated rings. The van der Waals surface area contributed by atoms with E-state index in [2.05, 4.69) is 44.9 Å². The number of halogens is 1. The van der Waals surface area contributed by atoms with E-state index in [1.807, 2.05) is 54.8 Å². The number of hydrogen-bond acceptors (Lipinski definition) is 6. The Bertz CT molecular complexity index is 1010. The molecule has 0 saturated carbocycles. The van der Waals surface area contributed by atoms with Crippen LogP contribution < -0.4 is 10.5 Å². The van der Waals surface area contributed by atoms with Crippen molar-refractivity contribution in [2.45, 2.75) is 39.2 Å². The van der Waals surface area contributed by atoms with Gasteiger partial charge >= 0.3 is 0 Å².